The topological polar surface area (TPSA) is 50.9 Å². The largest absolute Gasteiger partial charge is 0.367 e. The molecule has 4 fully saturated rings. The van der Waals surface area contributed by atoms with E-state index >= 15 is 0 Å². The minimum Gasteiger partial charge on any atom is -0.367 e. The summed E-state index contributed by atoms with van der Waals surface area (Å²) < 4.78 is 0. The average molecular weight is 257 g/mol. The Bertz CT molecular complexity index is 443. The van der Waals surface area contributed by atoms with Gasteiger partial charge in [-0.25, -0.2) is 4.98 Å². The zero-order valence-electron chi connectivity index (χ0n) is 11.4. The van der Waals surface area contributed by atoms with E-state index in [1.807, 2.05) is 6.07 Å². The van der Waals surface area contributed by atoms with Gasteiger partial charge in [0.05, 0.1) is 5.69 Å². The van der Waals surface area contributed by atoms with Crippen molar-refractivity contribution in [2.75, 3.05) is 5.32 Å². The molecule has 0 amide bonds. The quantitative estimate of drug-likeness (QED) is 0.875. The van der Waals surface area contributed by atoms with Gasteiger partial charge in [-0.05, 0) is 67.9 Å². The Kier molecular flexibility index (Phi) is 2.76. The zero-order valence-corrected chi connectivity index (χ0v) is 11.4. The number of rotatable bonds is 3. The van der Waals surface area contributed by atoms with Gasteiger partial charge in [-0.1, -0.05) is 6.07 Å². The molecule has 1 heterocycles. The molecule has 0 saturated heterocycles. The first kappa shape index (κ1) is 11.7. The monoisotopic (exact) mass is 257 g/mol. The summed E-state index contributed by atoms with van der Waals surface area (Å²) >= 11 is 0. The van der Waals surface area contributed by atoms with E-state index in [9.17, 15) is 0 Å². The summed E-state index contributed by atoms with van der Waals surface area (Å²) in [5.41, 5.74) is 6.66. The molecule has 4 bridgehead atoms. The molecule has 4 aliphatic rings. The number of hydrogen-bond donors (Lipinski definition) is 2. The summed E-state index contributed by atoms with van der Waals surface area (Å²) in [5.74, 6) is 4.87. The van der Waals surface area contributed by atoms with E-state index in [0.717, 1.165) is 35.2 Å². The van der Waals surface area contributed by atoms with E-state index in [2.05, 4.69) is 22.4 Å². The van der Waals surface area contributed by atoms with Crippen molar-refractivity contribution in [3.05, 3.63) is 23.9 Å². The molecule has 0 unspecified atom stereocenters. The van der Waals surface area contributed by atoms with E-state index in [-0.39, 0.29) is 0 Å². The zero-order chi connectivity index (χ0) is 12.8. The standard InChI is InChI=1S/C16H23N3/c17-9-14-2-1-3-15(18-14)19-16-12-5-10-4-11(7-12)8-13(16)6-10/h1-3,10-13,16H,4-9,17H2,(H,18,19). The van der Waals surface area contributed by atoms with Gasteiger partial charge in [-0.2, -0.15) is 0 Å². The van der Waals surface area contributed by atoms with E-state index in [1.54, 1.807) is 0 Å². The van der Waals surface area contributed by atoms with Crippen LogP contribution in [0.3, 0.4) is 0 Å². The second kappa shape index (κ2) is 4.48. The first-order valence-corrected chi connectivity index (χ1v) is 7.74. The fourth-order valence-electron chi connectivity index (χ4n) is 5.01. The summed E-state index contributed by atoms with van der Waals surface area (Å²) in [7, 11) is 0. The molecule has 0 radical (unpaired) electrons. The SMILES string of the molecule is NCc1cccc(NC2C3CC4CC(C3)CC2C4)n1. The average Bonchev–Trinajstić information content (AvgIpc) is 2.42. The highest BCUT2D eigenvalue weighted by molar-refractivity contribution is 5.37. The molecular formula is C16H23N3. The molecule has 4 saturated carbocycles. The van der Waals surface area contributed by atoms with Crippen molar-refractivity contribution < 1.29 is 0 Å². The van der Waals surface area contributed by atoms with Crippen LogP contribution in [0.2, 0.25) is 0 Å². The molecule has 1 aromatic rings. The number of hydrogen-bond acceptors (Lipinski definition) is 3. The third-order valence-corrected chi connectivity index (χ3v) is 5.56. The lowest BCUT2D eigenvalue weighted by Crippen LogP contribution is -2.51. The number of nitrogens with one attached hydrogen (secondary N) is 1. The highest BCUT2D eigenvalue weighted by Crippen LogP contribution is 2.54. The molecule has 0 aromatic carbocycles. The predicted molar refractivity (Wildman–Crippen MR) is 76.6 cm³/mol. The molecule has 1 aromatic heterocycles. The van der Waals surface area contributed by atoms with Gasteiger partial charge in [0.15, 0.2) is 0 Å². The van der Waals surface area contributed by atoms with E-state index in [0.29, 0.717) is 12.6 Å². The van der Waals surface area contributed by atoms with Gasteiger partial charge in [0.2, 0.25) is 0 Å². The smallest absolute Gasteiger partial charge is 0.126 e. The van der Waals surface area contributed by atoms with Crippen LogP contribution in [-0.2, 0) is 6.54 Å². The molecule has 0 atom stereocenters. The maximum Gasteiger partial charge on any atom is 0.126 e. The minimum atomic E-state index is 0.525. The molecule has 3 N–H and O–H groups in total. The Morgan fingerprint density at radius 1 is 1.05 bits per heavy atom. The predicted octanol–water partition coefficient (Wildman–Crippen LogP) is 2.78. The maximum atomic E-state index is 5.68. The number of nitrogens with zero attached hydrogens (tertiary/aromatic N) is 1. The van der Waals surface area contributed by atoms with E-state index < -0.39 is 0 Å². The Morgan fingerprint density at radius 2 is 1.74 bits per heavy atom. The summed E-state index contributed by atoms with van der Waals surface area (Å²) in [6.07, 6.45) is 7.30. The van der Waals surface area contributed by atoms with Crippen LogP contribution in [0.4, 0.5) is 5.82 Å². The fraction of sp³-hybridized carbons (Fsp3) is 0.688. The fourth-order valence-corrected chi connectivity index (χ4v) is 5.01. The van der Waals surface area contributed by atoms with Gasteiger partial charge in [0, 0.05) is 12.6 Å². The number of aromatic nitrogens is 1. The molecule has 3 heteroatoms. The lowest BCUT2D eigenvalue weighted by molar-refractivity contribution is 0.00741. The summed E-state index contributed by atoms with van der Waals surface area (Å²) in [5, 5.41) is 3.73. The first-order valence-electron chi connectivity index (χ1n) is 7.74. The summed E-state index contributed by atoms with van der Waals surface area (Å²) in [6.45, 7) is 0.525. The Balaban J connectivity index is 1.53. The Hall–Kier alpha value is -1.09. The molecule has 102 valence electrons. The van der Waals surface area contributed by atoms with Gasteiger partial charge < -0.3 is 11.1 Å². The third-order valence-electron chi connectivity index (χ3n) is 5.56. The first-order chi connectivity index (χ1) is 9.31. The molecule has 0 spiro atoms. The van der Waals surface area contributed by atoms with E-state index in [4.69, 9.17) is 5.73 Å². The van der Waals surface area contributed by atoms with Gasteiger partial charge in [0.1, 0.15) is 5.82 Å². The van der Waals surface area contributed by atoms with Crippen molar-refractivity contribution in [3.63, 3.8) is 0 Å². The highest BCUT2D eigenvalue weighted by atomic mass is 15.0. The van der Waals surface area contributed by atoms with Crippen molar-refractivity contribution in [1.82, 2.24) is 4.98 Å². The minimum absolute atomic E-state index is 0.525. The van der Waals surface area contributed by atoms with Crippen LogP contribution in [0.1, 0.15) is 37.8 Å². The van der Waals surface area contributed by atoms with Gasteiger partial charge >= 0.3 is 0 Å². The van der Waals surface area contributed by atoms with Crippen LogP contribution in [0.25, 0.3) is 0 Å². The number of pyridine rings is 1. The van der Waals surface area contributed by atoms with Crippen LogP contribution in [-0.4, -0.2) is 11.0 Å². The molecule has 4 aliphatic carbocycles. The third kappa shape index (κ3) is 2.04. The van der Waals surface area contributed by atoms with Gasteiger partial charge in [-0.15, -0.1) is 0 Å². The Labute approximate surface area is 115 Å². The normalized spacial score (nSPS) is 39.5. The second-order valence-electron chi connectivity index (χ2n) is 6.82. The molecule has 19 heavy (non-hydrogen) atoms. The van der Waals surface area contributed by atoms with Crippen molar-refractivity contribution in [1.29, 1.82) is 0 Å². The van der Waals surface area contributed by atoms with Gasteiger partial charge in [0.25, 0.3) is 0 Å². The van der Waals surface area contributed by atoms with Crippen LogP contribution in [0.5, 0.6) is 0 Å². The second-order valence-corrected chi connectivity index (χ2v) is 6.82. The number of anilines is 1. The molecule has 5 rings (SSSR count). The van der Waals surface area contributed by atoms with E-state index in [1.165, 1.54) is 32.1 Å². The van der Waals surface area contributed by atoms with Crippen molar-refractivity contribution >= 4 is 5.82 Å². The molecule has 0 aliphatic heterocycles. The number of nitrogens with two attached hydrogens (primary N) is 1. The van der Waals surface area contributed by atoms with Gasteiger partial charge in [-0.3, -0.25) is 0 Å². The van der Waals surface area contributed by atoms with Crippen molar-refractivity contribution in [3.8, 4) is 0 Å². The lowest BCUT2D eigenvalue weighted by atomic mass is 9.54. The lowest BCUT2D eigenvalue weighted by Gasteiger charge is -2.54. The molecule has 3 nitrogen and oxygen atoms in total. The van der Waals surface area contributed by atoms with Crippen LogP contribution in [0.15, 0.2) is 18.2 Å². The van der Waals surface area contributed by atoms with Crippen LogP contribution < -0.4 is 11.1 Å². The van der Waals surface area contributed by atoms with Crippen LogP contribution in [0, 0.1) is 23.7 Å². The molecular weight excluding hydrogens is 234 g/mol. The Morgan fingerprint density at radius 3 is 2.37 bits per heavy atom. The summed E-state index contributed by atoms with van der Waals surface area (Å²) in [6, 6.07) is 6.81. The van der Waals surface area contributed by atoms with Crippen LogP contribution >= 0.6 is 0 Å². The van der Waals surface area contributed by atoms with Crippen molar-refractivity contribution in [2.45, 2.75) is 44.7 Å². The highest BCUT2D eigenvalue weighted by Gasteiger charge is 2.48. The summed E-state index contributed by atoms with van der Waals surface area (Å²) in [4.78, 5) is 4.61. The van der Waals surface area contributed by atoms with Crippen molar-refractivity contribution in [2.24, 2.45) is 29.4 Å². The maximum absolute atomic E-state index is 5.68.